The van der Waals surface area contributed by atoms with E-state index in [2.05, 4.69) is 5.32 Å². The zero-order valence-electron chi connectivity index (χ0n) is 9.57. The van der Waals surface area contributed by atoms with Crippen molar-refractivity contribution in [3.8, 4) is 0 Å². The van der Waals surface area contributed by atoms with Crippen LogP contribution in [0.5, 0.6) is 0 Å². The molecule has 0 radical (unpaired) electrons. The summed E-state index contributed by atoms with van der Waals surface area (Å²) in [7, 11) is 0. The Labute approximate surface area is 105 Å². The third-order valence-electron chi connectivity index (χ3n) is 2.41. The zero-order chi connectivity index (χ0) is 12.8. The molecule has 0 saturated heterocycles. The smallest absolute Gasteiger partial charge is 0.231 e. The van der Waals surface area contributed by atoms with Crippen molar-refractivity contribution in [1.82, 2.24) is 5.32 Å². The third kappa shape index (κ3) is 4.54. The Morgan fingerprint density at radius 1 is 1.35 bits per heavy atom. The molecule has 0 aromatic heterocycles. The number of nitrogens with two attached hydrogens (primary N) is 1. The van der Waals surface area contributed by atoms with Gasteiger partial charge in [0.1, 0.15) is 5.78 Å². The Hall–Kier alpha value is -1.39. The molecule has 0 aliphatic rings. The number of Topliss-reactive ketones (excluding diaryl/α,β-unsaturated/α-hetero) is 1. The molecule has 1 aromatic rings. The summed E-state index contributed by atoms with van der Waals surface area (Å²) in [5.74, 6) is -0.695. The normalized spacial score (nSPS) is 12.1. The maximum Gasteiger partial charge on any atom is 0.231 e. The first-order valence-electron chi connectivity index (χ1n) is 5.25. The molecule has 0 unspecified atom stereocenters. The first-order valence-corrected chi connectivity index (χ1v) is 5.63. The van der Waals surface area contributed by atoms with Crippen LogP contribution in [0, 0.1) is 0 Å². The van der Waals surface area contributed by atoms with Crippen molar-refractivity contribution in [2.75, 3.05) is 13.1 Å². The van der Waals surface area contributed by atoms with Crippen molar-refractivity contribution in [3.05, 3.63) is 34.9 Å². The van der Waals surface area contributed by atoms with Gasteiger partial charge in [-0.25, -0.2) is 0 Å². The number of hydrogen-bond acceptors (Lipinski definition) is 3. The highest BCUT2D eigenvalue weighted by Gasteiger charge is 2.16. The zero-order valence-corrected chi connectivity index (χ0v) is 10.3. The molecule has 17 heavy (non-hydrogen) atoms. The van der Waals surface area contributed by atoms with Crippen molar-refractivity contribution < 1.29 is 9.59 Å². The van der Waals surface area contributed by atoms with Gasteiger partial charge in [-0.3, -0.25) is 9.59 Å². The minimum atomic E-state index is -0.441. The first-order chi connectivity index (χ1) is 8.00. The molecule has 4 nitrogen and oxygen atoms in total. The highest BCUT2D eigenvalue weighted by Crippen LogP contribution is 2.18. The Morgan fingerprint density at radius 2 is 1.94 bits per heavy atom. The van der Waals surface area contributed by atoms with E-state index in [4.69, 9.17) is 17.3 Å². The van der Waals surface area contributed by atoms with E-state index in [1.165, 1.54) is 6.92 Å². The number of benzene rings is 1. The van der Waals surface area contributed by atoms with E-state index in [9.17, 15) is 9.59 Å². The molecule has 1 atom stereocenters. The number of nitrogens with one attached hydrogen (secondary N) is 1. The van der Waals surface area contributed by atoms with Gasteiger partial charge in [0.15, 0.2) is 0 Å². The van der Waals surface area contributed by atoms with E-state index in [1.807, 2.05) is 0 Å². The van der Waals surface area contributed by atoms with Gasteiger partial charge in [0.2, 0.25) is 5.91 Å². The van der Waals surface area contributed by atoms with Crippen LogP contribution in [0.3, 0.4) is 0 Å². The average Bonchev–Trinajstić information content (AvgIpc) is 2.25. The van der Waals surface area contributed by atoms with E-state index >= 15 is 0 Å². The number of ketones is 1. The largest absolute Gasteiger partial charge is 0.369 e. The van der Waals surface area contributed by atoms with Crippen molar-refractivity contribution in [1.29, 1.82) is 0 Å². The SMILES string of the molecule is CC(=O)[C@H](CNCC(N)=O)c1ccc(Cl)cc1. The quantitative estimate of drug-likeness (QED) is 0.798. The van der Waals surface area contributed by atoms with Gasteiger partial charge in [-0.05, 0) is 24.6 Å². The van der Waals surface area contributed by atoms with Gasteiger partial charge >= 0.3 is 0 Å². The fourth-order valence-electron chi connectivity index (χ4n) is 1.53. The lowest BCUT2D eigenvalue weighted by atomic mass is 9.95. The summed E-state index contributed by atoms with van der Waals surface area (Å²) in [6.45, 7) is 1.97. The second-order valence-corrected chi connectivity index (χ2v) is 4.25. The van der Waals surface area contributed by atoms with Crippen LogP contribution in [0.2, 0.25) is 5.02 Å². The minimum Gasteiger partial charge on any atom is -0.369 e. The summed E-state index contributed by atoms with van der Waals surface area (Å²) in [6.07, 6.45) is 0. The van der Waals surface area contributed by atoms with Crippen molar-refractivity contribution >= 4 is 23.3 Å². The number of carbonyl (C=O) groups is 2. The summed E-state index contributed by atoms with van der Waals surface area (Å²) >= 11 is 5.78. The molecular formula is C12H15ClN2O2. The highest BCUT2D eigenvalue weighted by atomic mass is 35.5. The molecule has 5 heteroatoms. The maximum atomic E-state index is 11.5. The predicted octanol–water partition coefficient (Wildman–Crippen LogP) is 1.09. The molecule has 0 heterocycles. The van der Waals surface area contributed by atoms with Gasteiger partial charge in [0.05, 0.1) is 12.5 Å². The molecule has 92 valence electrons. The van der Waals surface area contributed by atoms with Crippen LogP contribution in [-0.4, -0.2) is 24.8 Å². The van der Waals surface area contributed by atoms with E-state index in [-0.39, 0.29) is 18.2 Å². The van der Waals surface area contributed by atoms with E-state index in [0.717, 1.165) is 5.56 Å². The van der Waals surface area contributed by atoms with Crippen LogP contribution >= 0.6 is 11.6 Å². The first kappa shape index (κ1) is 13.7. The van der Waals surface area contributed by atoms with Crippen LogP contribution in [0.4, 0.5) is 0 Å². The van der Waals surface area contributed by atoms with Crippen LogP contribution in [0.25, 0.3) is 0 Å². The number of rotatable bonds is 6. The van der Waals surface area contributed by atoms with Gasteiger partial charge in [-0.1, -0.05) is 23.7 Å². The molecule has 1 aromatic carbocycles. The maximum absolute atomic E-state index is 11.5. The topological polar surface area (TPSA) is 72.2 Å². The van der Waals surface area contributed by atoms with Crippen LogP contribution in [-0.2, 0) is 9.59 Å². The standard InChI is InChI=1S/C12H15ClN2O2/c1-8(16)11(6-15-7-12(14)17)9-2-4-10(13)5-3-9/h2-5,11,15H,6-7H2,1H3,(H2,14,17)/t11-/m0/s1. The monoisotopic (exact) mass is 254 g/mol. The lowest BCUT2D eigenvalue weighted by Crippen LogP contribution is -2.33. The summed E-state index contributed by atoms with van der Waals surface area (Å²) in [4.78, 5) is 22.1. The molecule has 0 spiro atoms. The lowest BCUT2D eigenvalue weighted by molar-refractivity contribution is -0.119. The molecule has 3 N–H and O–H groups in total. The Bertz CT molecular complexity index is 403. The van der Waals surface area contributed by atoms with Crippen molar-refractivity contribution in [2.45, 2.75) is 12.8 Å². The van der Waals surface area contributed by atoms with Gasteiger partial charge < -0.3 is 11.1 Å². The van der Waals surface area contributed by atoms with Crippen LogP contribution in [0.1, 0.15) is 18.4 Å². The summed E-state index contributed by atoms with van der Waals surface area (Å²) in [5.41, 5.74) is 5.88. The minimum absolute atomic E-state index is 0.0318. The molecule has 0 aliphatic heterocycles. The van der Waals surface area contributed by atoms with Crippen LogP contribution < -0.4 is 11.1 Å². The Kier molecular flexibility index (Phi) is 5.12. The van der Waals surface area contributed by atoms with Gasteiger partial charge in [0.25, 0.3) is 0 Å². The molecule has 1 rings (SSSR count). The number of amides is 1. The summed E-state index contributed by atoms with van der Waals surface area (Å²) < 4.78 is 0. The number of carbonyl (C=O) groups excluding carboxylic acids is 2. The molecule has 0 aliphatic carbocycles. The van der Waals surface area contributed by atoms with Crippen molar-refractivity contribution in [2.24, 2.45) is 5.73 Å². The highest BCUT2D eigenvalue weighted by molar-refractivity contribution is 6.30. The van der Waals surface area contributed by atoms with Crippen molar-refractivity contribution in [3.63, 3.8) is 0 Å². The number of halogens is 1. The molecule has 0 fully saturated rings. The van der Waals surface area contributed by atoms with Crippen LogP contribution in [0.15, 0.2) is 24.3 Å². The Morgan fingerprint density at radius 3 is 2.41 bits per heavy atom. The molecule has 1 amide bonds. The van der Waals surface area contributed by atoms with E-state index < -0.39 is 5.91 Å². The number of hydrogen-bond donors (Lipinski definition) is 2. The lowest BCUT2D eigenvalue weighted by Gasteiger charge is -2.14. The second-order valence-electron chi connectivity index (χ2n) is 3.81. The van der Waals surface area contributed by atoms with E-state index in [0.29, 0.717) is 11.6 Å². The predicted molar refractivity (Wildman–Crippen MR) is 66.9 cm³/mol. The average molecular weight is 255 g/mol. The molecule has 0 bridgehead atoms. The third-order valence-corrected chi connectivity index (χ3v) is 2.66. The van der Waals surface area contributed by atoms with Gasteiger partial charge in [-0.15, -0.1) is 0 Å². The fourth-order valence-corrected chi connectivity index (χ4v) is 1.66. The molecule has 0 saturated carbocycles. The second kappa shape index (κ2) is 6.37. The molecular weight excluding hydrogens is 240 g/mol. The van der Waals surface area contributed by atoms with Gasteiger partial charge in [0, 0.05) is 11.6 Å². The Balaban J connectivity index is 2.69. The summed E-state index contributed by atoms with van der Waals surface area (Å²) in [6, 6.07) is 7.09. The van der Waals surface area contributed by atoms with E-state index in [1.54, 1.807) is 24.3 Å². The summed E-state index contributed by atoms with van der Waals surface area (Å²) in [5, 5.41) is 3.48. The van der Waals surface area contributed by atoms with Gasteiger partial charge in [-0.2, -0.15) is 0 Å². The number of primary amides is 1. The fraction of sp³-hybridized carbons (Fsp3) is 0.333.